The number of hydrogen-bond acceptors (Lipinski definition) is 3. The van der Waals surface area contributed by atoms with Crippen molar-refractivity contribution in [2.75, 3.05) is 19.6 Å². The Morgan fingerprint density at radius 1 is 1.42 bits per heavy atom. The molecule has 0 radical (unpaired) electrons. The summed E-state index contributed by atoms with van der Waals surface area (Å²) < 4.78 is 6.05. The van der Waals surface area contributed by atoms with Gasteiger partial charge in [0.1, 0.15) is 6.10 Å². The molecule has 0 saturated carbocycles. The number of aliphatic imine (C=N–C) groups is 1. The van der Waals surface area contributed by atoms with E-state index in [1.165, 1.54) is 24.0 Å². The maximum atomic E-state index is 6.05. The van der Waals surface area contributed by atoms with Gasteiger partial charge in [0.2, 0.25) is 0 Å². The summed E-state index contributed by atoms with van der Waals surface area (Å²) in [4.78, 5) is 4.61. The predicted molar refractivity (Wildman–Crippen MR) is 77.7 cm³/mol. The van der Waals surface area contributed by atoms with Crippen LogP contribution in [-0.2, 0) is 11.2 Å². The van der Waals surface area contributed by atoms with E-state index in [1.54, 1.807) is 0 Å². The summed E-state index contributed by atoms with van der Waals surface area (Å²) in [6, 6.07) is 8.67. The molecule has 0 aromatic heterocycles. The van der Waals surface area contributed by atoms with Crippen molar-refractivity contribution in [2.24, 2.45) is 10.9 Å². The smallest absolute Gasteiger partial charge is 0.188 e. The third-order valence-electron chi connectivity index (χ3n) is 3.93. The van der Waals surface area contributed by atoms with Crippen molar-refractivity contribution in [3.05, 3.63) is 35.4 Å². The Kier molecular flexibility index (Phi) is 3.83. The lowest BCUT2D eigenvalue weighted by Crippen LogP contribution is -2.35. The summed E-state index contributed by atoms with van der Waals surface area (Å²) in [7, 11) is 0. The quantitative estimate of drug-likeness (QED) is 0.903. The van der Waals surface area contributed by atoms with Crippen LogP contribution < -0.4 is 5.32 Å². The number of ether oxygens (including phenoxy) is 1. The number of rotatable bonds is 3. The molecule has 2 aliphatic heterocycles. The topological polar surface area (TPSA) is 33.6 Å². The fourth-order valence-corrected chi connectivity index (χ4v) is 2.93. The van der Waals surface area contributed by atoms with Crippen LogP contribution in [0.4, 0.5) is 0 Å². The maximum Gasteiger partial charge on any atom is 0.188 e. The number of aryl methyl sites for hydroxylation is 1. The van der Waals surface area contributed by atoms with E-state index < -0.39 is 0 Å². The summed E-state index contributed by atoms with van der Waals surface area (Å²) in [5.74, 6) is 1.49. The van der Waals surface area contributed by atoms with Gasteiger partial charge < -0.3 is 10.1 Å². The Morgan fingerprint density at radius 2 is 2.37 bits per heavy atom. The van der Waals surface area contributed by atoms with Gasteiger partial charge in [0, 0.05) is 18.9 Å². The van der Waals surface area contributed by atoms with Crippen molar-refractivity contribution in [3.8, 4) is 0 Å². The van der Waals surface area contributed by atoms with E-state index >= 15 is 0 Å². The highest BCUT2D eigenvalue weighted by Crippen LogP contribution is 2.20. The fourth-order valence-electron chi connectivity index (χ4n) is 2.93. The lowest BCUT2D eigenvalue weighted by molar-refractivity contribution is 0.205. The molecule has 3 rings (SSSR count). The van der Waals surface area contributed by atoms with Crippen molar-refractivity contribution in [1.82, 2.24) is 5.32 Å². The Balaban J connectivity index is 1.55. The second-order valence-electron chi connectivity index (χ2n) is 5.66. The normalized spacial score (nSPS) is 26.9. The van der Waals surface area contributed by atoms with Gasteiger partial charge in [0.25, 0.3) is 0 Å². The first-order chi connectivity index (χ1) is 9.31. The molecule has 1 aromatic carbocycles. The van der Waals surface area contributed by atoms with E-state index in [-0.39, 0.29) is 6.10 Å². The molecule has 0 amide bonds. The molecule has 2 unspecified atom stereocenters. The molecule has 1 N–H and O–H groups in total. The molecular formula is C16H22N2O. The first-order valence-electron chi connectivity index (χ1n) is 7.28. The van der Waals surface area contributed by atoms with E-state index in [0.29, 0.717) is 5.92 Å². The Labute approximate surface area is 115 Å². The van der Waals surface area contributed by atoms with Crippen molar-refractivity contribution < 1.29 is 4.74 Å². The van der Waals surface area contributed by atoms with Gasteiger partial charge in [-0.1, -0.05) is 29.8 Å². The standard InChI is InChI=1S/C16H22N2O/c1-12-4-2-5-13(8-12)9-15-11-18-16(19-15)14-6-3-7-17-10-14/h2,4-5,8,14-15,17H,3,6-7,9-11H2,1H3. The summed E-state index contributed by atoms with van der Waals surface area (Å²) in [5.41, 5.74) is 2.66. The molecule has 2 atom stereocenters. The lowest BCUT2D eigenvalue weighted by Gasteiger charge is -2.23. The molecule has 2 aliphatic rings. The third-order valence-corrected chi connectivity index (χ3v) is 3.93. The number of nitrogens with zero attached hydrogens (tertiary/aromatic N) is 1. The summed E-state index contributed by atoms with van der Waals surface area (Å²) in [5, 5.41) is 3.42. The van der Waals surface area contributed by atoms with E-state index in [9.17, 15) is 0 Å². The number of piperidine rings is 1. The maximum absolute atomic E-state index is 6.05. The molecule has 3 nitrogen and oxygen atoms in total. The van der Waals surface area contributed by atoms with Crippen LogP contribution >= 0.6 is 0 Å². The number of benzene rings is 1. The highest BCUT2D eigenvalue weighted by Gasteiger charge is 2.27. The molecule has 0 aliphatic carbocycles. The highest BCUT2D eigenvalue weighted by molar-refractivity contribution is 5.80. The molecule has 1 aromatic rings. The zero-order valence-corrected chi connectivity index (χ0v) is 11.6. The van der Waals surface area contributed by atoms with E-state index in [2.05, 4.69) is 41.5 Å². The van der Waals surface area contributed by atoms with Crippen LogP contribution in [0.3, 0.4) is 0 Å². The van der Waals surface area contributed by atoms with Gasteiger partial charge in [0.15, 0.2) is 5.90 Å². The third kappa shape index (κ3) is 3.16. The van der Waals surface area contributed by atoms with Crippen LogP contribution in [-0.4, -0.2) is 31.6 Å². The highest BCUT2D eigenvalue weighted by atomic mass is 16.5. The largest absolute Gasteiger partial charge is 0.475 e. The average Bonchev–Trinajstić information content (AvgIpc) is 2.88. The Morgan fingerprint density at radius 3 is 3.16 bits per heavy atom. The molecule has 1 saturated heterocycles. The first-order valence-corrected chi connectivity index (χ1v) is 7.28. The minimum atomic E-state index is 0.235. The Bertz CT molecular complexity index is 464. The van der Waals surface area contributed by atoms with E-state index in [4.69, 9.17) is 4.74 Å². The van der Waals surface area contributed by atoms with E-state index in [1.807, 2.05) is 0 Å². The molecule has 0 bridgehead atoms. The molecule has 0 spiro atoms. The van der Waals surface area contributed by atoms with Crippen molar-refractivity contribution in [3.63, 3.8) is 0 Å². The zero-order chi connectivity index (χ0) is 13.1. The second-order valence-corrected chi connectivity index (χ2v) is 5.66. The van der Waals surface area contributed by atoms with Gasteiger partial charge >= 0.3 is 0 Å². The van der Waals surface area contributed by atoms with Gasteiger partial charge in [-0.05, 0) is 31.9 Å². The SMILES string of the molecule is Cc1cccc(CC2CN=C(C3CCCNC3)O2)c1. The first kappa shape index (κ1) is 12.7. The van der Waals surface area contributed by atoms with Gasteiger partial charge in [-0.2, -0.15) is 0 Å². The van der Waals surface area contributed by atoms with E-state index in [0.717, 1.165) is 32.0 Å². The minimum absolute atomic E-state index is 0.235. The summed E-state index contributed by atoms with van der Waals surface area (Å²) in [6.07, 6.45) is 3.65. The fraction of sp³-hybridized carbons (Fsp3) is 0.562. The average molecular weight is 258 g/mol. The number of nitrogens with one attached hydrogen (secondary N) is 1. The van der Waals surface area contributed by atoms with Crippen LogP contribution in [0.5, 0.6) is 0 Å². The monoisotopic (exact) mass is 258 g/mol. The van der Waals surface area contributed by atoms with Crippen molar-refractivity contribution in [1.29, 1.82) is 0 Å². The molecule has 19 heavy (non-hydrogen) atoms. The second kappa shape index (κ2) is 5.74. The van der Waals surface area contributed by atoms with Crippen molar-refractivity contribution >= 4 is 5.90 Å². The zero-order valence-electron chi connectivity index (χ0n) is 11.6. The van der Waals surface area contributed by atoms with Gasteiger partial charge in [0.05, 0.1) is 6.54 Å². The van der Waals surface area contributed by atoms with Gasteiger partial charge in [-0.25, -0.2) is 0 Å². The Hall–Kier alpha value is -1.35. The van der Waals surface area contributed by atoms with Crippen LogP contribution in [0.25, 0.3) is 0 Å². The number of hydrogen-bond donors (Lipinski definition) is 1. The molecule has 102 valence electrons. The van der Waals surface area contributed by atoms with Crippen LogP contribution in [0, 0.1) is 12.8 Å². The molecule has 1 fully saturated rings. The van der Waals surface area contributed by atoms with Gasteiger partial charge in [-0.3, -0.25) is 4.99 Å². The molecule has 2 heterocycles. The summed E-state index contributed by atoms with van der Waals surface area (Å²) in [6.45, 7) is 5.11. The molecule has 3 heteroatoms. The van der Waals surface area contributed by atoms with Crippen LogP contribution in [0.1, 0.15) is 24.0 Å². The van der Waals surface area contributed by atoms with Crippen molar-refractivity contribution in [2.45, 2.75) is 32.3 Å². The summed E-state index contributed by atoms with van der Waals surface area (Å²) >= 11 is 0. The van der Waals surface area contributed by atoms with Gasteiger partial charge in [-0.15, -0.1) is 0 Å². The van der Waals surface area contributed by atoms with Crippen LogP contribution in [0.2, 0.25) is 0 Å². The lowest BCUT2D eigenvalue weighted by atomic mass is 10.00. The van der Waals surface area contributed by atoms with Crippen LogP contribution in [0.15, 0.2) is 29.3 Å². The predicted octanol–water partition coefficient (Wildman–Crippen LogP) is 2.33. The molecular weight excluding hydrogens is 236 g/mol. The minimum Gasteiger partial charge on any atom is -0.475 e.